The van der Waals surface area contributed by atoms with Gasteiger partial charge in [0.2, 0.25) is 0 Å². The molecule has 2 aromatic heterocycles. The van der Waals surface area contributed by atoms with Gasteiger partial charge in [0.1, 0.15) is 0 Å². The fourth-order valence-corrected chi connectivity index (χ4v) is 5.12. The van der Waals surface area contributed by atoms with Crippen molar-refractivity contribution in [2.24, 2.45) is 5.92 Å². The van der Waals surface area contributed by atoms with Crippen LogP contribution >= 0.6 is 11.6 Å². The van der Waals surface area contributed by atoms with Gasteiger partial charge < -0.3 is 4.57 Å². The Balaban J connectivity index is 1.51. The molecule has 1 saturated heterocycles. The number of rotatable bonds is 3. The highest BCUT2D eigenvalue weighted by molar-refractivity contribution is 6.30. The first-order valence-electron chi connectivity index (χ1n) is 10.2. The number of hydrogen-bond donors (Lipinski definition) is 0. The molecule has 4 nitrogen and oxygen atoms in total. The summed E-state index contributed by atoms with van der Waals surface area (Å²) in [6.45, 7) is 3.23. The molecule has 0 N–H and O–H groups in total. The van der Waals surface area contributed by atoms with Gasteiger partial charge in [0.15, 0.2) is 0 Å². The largest absolute Gasteiger partial charge is 0.337 e. The predicted molar refractivity (Wildman–Crippen MR) is 111 cm³/mol. The van der Waals surface area contributed by atoms with E-state index >= 15 is 0 Å². The summed E-state index contributed by atoms with van der Waals surface area (Å²) in [5.41, 5.74) is 5.35. The SMILES string of the molecule is Clc1ccc2c(c1)CCc1cccnc1C2N1CCC[C@H](Cn2ccnc2)C1. The lowest BCUT2D eigenvalue weighted by Crippen LogP contribution is -2.40. The fourth-order valence-electron chi connectivity index (χ4n) is 4.93. The molecule has 0 bridgehead atoms. The van der Waals surface area contributed by atoms with Crippen LogP contribution in [0.1, 0.15) is 41.3 Å². The molecular weight excluding hydrogens is 368 g/mol. The number of hydrogen-bond acceptors (Lipinski definition) is 3. The lowest BCUT2D eigenvalue weighted by atomic mass is 9.91. The minimum Gasteiger partial charge on any atom is -0.337 e. The Hall–Kier alpha value is -2.17. The minimum absolute atomic E-state index is 0.219. The van der Waals surface area contributed by atoms with Gasteiger partial charge in [-0.05, 0) is 73.0 Å². The number of pyridine rings is 1. The zero-order chi connectivity index (χ0) is 18.9. The first kappa shape index (κ1) is 17.9. The fraction of sp³-hybridized carbons (Fsp3) is 0.391. The van der Waals surface area contributed by atoms with Crippen molar-refractivity contribution in [1.82, 2.24) is 19.4 Å². The van der Waals surface area contributed by atoms with E-state index in [9.17, 15) is 0 Å². The molecule has 144 valence electrons. The average Bonchev–Trinajstić information content (AvgIpc) is 3.16. The van der Waals surface area contributed by atoms with E-state index in [1.54, 1.807) is 0 Å². The summed E-state index contributed by atoms with van der Waals surface area (Å²) in [5, 5.41) is 0.827. The van der Waals surface area contributed by atoms with Gasteiger partial charge >= 0.3 is 0 Å². The standard InChI is InChI=1S/C23H25ClN4/c24-20-7-8-21-19(13-20)6-5-18-4-1-9-26-22(18)23(21)28-11-2-3-17(15-28)14-27-12-10-25-16-27/h1,4,7-10,12-13,16-17,23H,2-3,5-6,11,14-15H2/t17-,23?/m1/s1. The molecule has 3 aromatic rings. The zero-order valence-electron chi connectivity index (χ0n) is 16.0. The van der Waals surface area contributed by atoms with Crippen LogP contribution in [0.4, 0.5) is 0 Å². The Labute approximate surface area is 171 Å². The average molecular weight is 393 g/mol. The van der Waals surface area contributed by atoms with Crippen molar-refractivity contribution in [2.75, 3.05) is 13.1 Å². The van der Waals surface area contributed by atoms with Gasteiger partial charge in [-0.3, -0.25) is 9.88 Å². The first-order valence-corrected chi connectivity index (χ1v) is 10.6. The van der Waals surface area contributed by atoms with Gasteiger partial charge in [-0.1, -0.05) is 23.7 Å². The summed E-state index contributed by atoms with van der Waals surface area (Å²) in [6, 6.07) is 11.0. The molecule has 28 heavy (non-hydrogen) atoms. The Morgan fingerprint density at radius 2 is 2.04 bits per heavy atom. The second-order valence-corrected chi connectivity index (χ2v) is 8.49. The summed E-state index contributed by atoms with van der Waals surface area (Å²) in [6.07, 6.45) is 12.4. The van der Waals surface area contributed by atoms with Crippen molar-refractivity contribution in [2.45, 2.75) is 38.3 Å². The third kappa shape index (κ3) is 3.47. The van der Waals surface area contributed by atoms with Crippen LogP contribution in [0, 0.1) is 5.92 Å². The van der Waals surface area contributed by atoms with Gasteiger partial charge in [-0.2, -0.15) is 0 Å². The summed E-state index contributed by atoms with van der Waals surface area (Å²) < 4.78 is 2.21. The van der Waals surface area contributed by atoms with Crippen LogP contribution in [-0.4, -0.2) is 32.5 Å². The molecule has 0 radical (unpaired) electrons. The Kier molecular flexibility index (Phi) is 4.91. The van der Waals surface area contributed by atoms with E-state index in [1.165, 1.54) is 35.2 Å². The van der Waals surface area contributed by atoms with Crippen molar-refractivity contribution in [3.63, 3.8) is 0 Å². The number of benzene rings is 1. The topological polar surface area (TPSA) is 34.0 Å². The van der Waals surface area contributed by atoms with Crippen LogP contribution in [0.3, 0.4) is 0 Å². The molecule has 1 aliphatic heterocycles. The van der Waals surface area contributed by atoms with Gasteiger partial charge in [0, 0.05) is 36.7 Å². The van der Waals surface area contributed by atoms with Crippen molar-refractivity contribution in [3.05, 3.63) is 82.7 Å². The Morgan fingerprint density at radius 1 is 1.11 bits per heavy atom. The van der Waals surface area contributed by atoms with E-state index < -0.39 is 0 Å². The molecule has 0 spiro atoms. The quantitative estimate of drug-likeness (QED) is 0.656. The number of imidazole rings is 1. The normalized spacial score (nSPS) is 22.3. The summed E-state index contributed by atoms with van der Waals surface area (Å²) in [5.74, 6) is 0.633. The molecule has 5 rings (SSSR count). The van der Waals surface area contributed by atoms with Gasteiger partial charge in [0.05, 0.1) is 18.1 Å². The number of fused-ring (bicyclic) bond motifs is 2. The Morgan fingerprint density at radius 3 is 2.93 bits per heavy atom. The third-order valence-electron chi connectivity index (χ3n) is 6.19. The molecule has 2 atom stereocenters. The van der Waals surface area contributed by atoms with Crippen LogP contribution in [0.5, 0.6) is 0 Å². The lowest BCUT2D eigenvalue weighted by Gasteiger charge is -2.39. The van der Waals surface area contributed by atoms with Crippen molar-refractivity contribution < 1.29 is 0 Å². The molecule has 0 saturated carbocycles. The second kappa shape index (κ2) is 7.69. The molecule has 0 amide bonds. The highest BCUT2D eigenvalue weighted by Crippen LogP contribution is 2.38. The van der Waals surface area contributed by atoms with Crippen molar-refractivity contribution in [3.8, 4) is 0 Å². The van der Waals surface area contributed by atoms with E-state index in [-0.39, 0.29) is 6.04 Å². The molecular formula is C23H25ClN4. The van der Waals surface area contributed by atoms with Crippen LogP contribution in [0.15, 0.2) is 55.2 Å². The number of nitrogens with zero attached hydrogens (tertiary/aromatic N) is 4. The van der Waals surface area contributed by atoms with Gasteiger partial charge in [-0.25, -0.2) is 4.98 Å². The first-order chi connectivity index (χ1) is 13.8. The molecule has 5 heteroatoms. The van der Waals surface area contributed by atoms with Crippen LogP contribution in [0.2, 0.25) is 5.02 Å². The summed E-state index contributed by atoms with van der Waals surface area (Å²) >= 11 is 6.34. The maximum absolute atomic E-state index is 6.34. The summed E-state index contributed by atoms with van der Waals surface area (Å²) in [4.78, 5) is 11.7. The van der Waals surface area contributed by atoms with Crippen molar-refractivity contribution in [1.29, 1.82) is 0 Å². The second-order valence-electron chi connectivity index (χ2n) is 8.06. The van der Waals surface area contributed by atoms with E-state index in [0.29, 0.717) is 5.92 Å². The van der Waals surface area contributed by atoms with Crippen LogP contribution in [0.25, 0.3) is 0 Å². The van der Waals surface area contributed by atoms with Crippen LogP contribution < -0.4 is 0 Å². The third-order valence-corrected chi connectivity index (χ3v) is 6.43. The maximum atomic E-state index is 6.34. The lowest BCUT2D eigenvalue weighted by molar-refractivity contribution is 0.130. The van der Waals surface area contributed by atoms with E-state index in [1.807, 2.05) is 24.8 Å². The van der Waals surface area contributed by atoms with E-state index in [2.05, 4.69) is 44.9 Å². The highest BCUT2D eigenvalue weighted by atomic mass is 35.5. The zero-order valence-corrected chi connectivity index (χ0v) is 16.7. The predicted octanol–water partition coefficient (Wildman–Crippen LogP) is 4.53. The van der Waals surface area contributed by atoms with Crippen LogP contribution in [-0.2, 0) is 19.4 Å². The molecule has 1 fully saturated rings. The number of aromatic nitrogens is 3. The monoisotopic (exact) mass is 392 g/mol. The Bertz CT molecular complexity index is 953. The molecule has 1 unspecified atom stereocenters. The number of aryl methyl sites for hydroxylation is 2. The molecule has 3 heterocycles. The highest BCUT2D eigenvalue weighted by Gasteiger charge is 2.33. The maximum Gasteiger partial charge on any atom is 0.0946 e. The van der Waals surface area contributed by atoms with E-state index in [4.69, 9.17) is 16.6 Å². The molecule has 2 aliphatic rings. The molecule has 1 aliphatic carbocycles. The number of halogens is 1. The smallest absolute Gasteiger partial charge is 0.0946 e. The minimum atomic E-state index is 0.219. The van der Waals surface area contributed by atoms with Gasteiger partial charge in [0.25, 0.3) is 0 Å². The van der Waals surface area contributed by atoms with E-state index in [0.717, 1.165) is 37.5 Å². The van der Waals surface area contributed by atoms with Crippen molar-refractivity contribution >= 4 is 11.6 Å². The molecule has 1 aromatic carbocycles. The number of piperidine rings is 1. The number of likely N-dealkylation sites (tertiary alicyclic amines) is 1. The van der Waals surface area contributed by atoms with Gasteiger partial charge in [-0.15, -0.1) is 0 Å². The summed E-state index contributed by atoms with van der Waals surface area (Å²) in [7, 11) is 0.